The van der Waals surface area contributed by atoms with Crippen LogP contribution in [0.3, 0.4) is 0 Å². The molecule has 1 aliphatic heterocycles. The summed E-state index contributed by atoms with van der Waals surface area (Å²) in [7, 11) is 0. The summed E-state index contributed by atoms with van der Waals surface area (Å²) in [4.78, 5) is 2.58. The zero-order valence-electron chi connectivity index (χ0n) is 8.17. The van der Waals surface area contributed by atoms with Crippen LogP contribution in [-0.2, 0) is 13.1 Å². The Kier molecular flexibility index (Phi) is 2.14. The Bertz CT molecular complexity index is 357. The molecule has 1 aromatic rings. The van der Waals surface area contributed by atoms with Crippen LogP contribution < -0.4 is 0 Å². The van der Waals surface area contributed by atoms with Gasteiger partial charge in [0.1, 0.15) is 0 Å². The lowest BCUT2D eigenvalue weighted by molar-refractivity contribution is 0.272. The van der Waals surface area contributed by atoms with Crippen LogP contribution in [0.4, 0.5) is 0 Å². The highest BCUT2D eigenvalue weighted by atomic mass is 79.9. The molecular formula is C12H14BrN. The summed E-state index contributed by atoms with van der Waals surface area (Å²) in [6.45, 7) is 3.64. The van der Waals surface area contributed by atoms with Crippen molar-refractivity contribution in [3.63, 3.8) is 0 Å². The second kappa shape index (κ2) is 3.35. The normalized spacial score (nSPS) is 21.2. The first-order valence-corrected chi connectivity index (χ1v) is 6.10. The highest BCUT2D eigenvalue weighted by molar-refractivity contribution is 9.10. The number of benzene rings is 1. The van der Waals surface area contributed by atoms with Crippen LogP contribution in [0.1, 0.15) is 24.0 Å². The third-order valence-electron chi connectivity index (χ3n) is 3.17. The van der Waals surface area contributed by atoms with Gasteiger partial charge in [-0.2, -0.15) is 0 Å². The Balaban J connectivity index is 1.75. The average molecular weight is 252 g/mol. The molecular weight excluding hydrogens is 238 g/mol. The molecule has 2 aliphatic rings. The Morgan fingerprint density at radius 1 is 1.21 bits per heavy atom. The van der Waals surface area contributed by atoms with E-state index in [-0.39, 0.29) is 0 Å². The Morgan fingerprint density at radius 2 is 2.00 bits per heavy atom. The molecule has 2 heteroatoms. The quantitative estimate of drug-likeness (QED) is 0.781. The van der Waals surface area contributed by atoms with Crippen LogP contribution in [0.25, 0.3) is 0 Å². The summed E-state index contributed by atoms with van der Waals surface area (Å²) in [5, 5.41) is 0. The first-order valence-electron chi connectivity index (χ1n) is 5.31. The maximum absolute atomic E-state index is 3.53. The van der Waals surface area contributed by atoms with E-state index in [1.165, 1.54) is 41.5 Å². The standard InChI is InChI=1S/C12H14BrN/c13-12-4-3-10-7-14(6-9-1-2-9)8-11(10)5-12/h3-5,9H,1-2,6-8H2. The first kappa shape index (κ1) is 8.93. The van der Waals surface area contributed by atoms with Crippen LogP contribution in [0.2, 0.25) is 0 Å². The van der Waals surface area contributed by atoms with Gasteiger partial charge >= 0.3 is 0 Å². The van der Waals surface area contributed by atoms with Crippen LogP contribution in [0.5, 0.6) is 0 Å². The number of hydrogen-bond acceptors (Lipinski definition) is 1. The van der Waals surface area contributed by atoms with Crippen molar-refractivity contribution in [3.8, 4) is 0 Å². The molecule has 1 aliphatic carbocycles. The summed E-state index contributed by atoms with van der Waals surface area (Å²) < 4.78 is 1.21. The molecule has 0 amide bonds. The molecule has 1 saturated carbocycles. The van der Waals surface area contributed by atoms with Crippen molar-refractivity contribution in [1.29, 1.82) is 0 Å². The molecule has 0 bridgehead atoms. The molecule has 0 saturated heterocycles. The topological polar surface area (TPSA) is 3.24 Å². The third kappa shape index (κ3) is 1.73. The second-order valence-corrected chi connectivity index (χ2v) is 5.44. The zero-order chi connectivity index (χ0) is 9.54. The molecule has 1 nitrogen and oxygen atoms in total. The lowest BCUT2D eigenvalue weighted by Crippen LogP contribution is -2.18. The van der Waals surface area contributed by atoms with Crippen molar-refractivity contribution < 1.29 is 0 Å². The molecule has 1 fully saturated rings. The fraction of sp³-hybridized carbons (Fsp3) is 0.500. The van der Waals surface area contributed by atoms with Gasteiger partial charge < -0.3 is 0 Å². The van der Waals surface area contributed by atoms with Crippen LogP contribution >= 0.6 is 15.9 Å². The van der Waals surface area contributed by atoms with Gasteiger partial charge in [0, 0.05) is 24.1 Å². The molecule has 0 spiro atoms. The van der Waals surface area contributed by atoms with Gasteiger partial charge in [-0.3, -0.25) is 4.90 Å². The van der Waals surface area contributed by atoms with E-state index in [1.54, 1.807) is 0 Å². The molecule has 74 valence electrons. The molecule has 1 aromatic carbocycles. The van der Waals surface area contributed by atoms with Crippen molar-refractivity contribution >= 4 is 15.9 Å². The Hall–Kier alpha value is -0.340. The maximum atomic E-state index is 3.53. The van der Waals surface area contributed by atoms with Crippen molar-refractivity contribution in [3.05, 3.63) is 33.8 Å². The van der Waals surface area contributed by atoms with E-state index in [2.05, 4.69) is 39.0 Å². The van der Waals surface area contributed by atoms with E-state index < -0.39 is 0 Å². The molecule has 14 heavy (non-hydrogen) atoms. The lowest BCUT2D eigenvalue weighted by atomic mass is 10.1. The average Bonchev–Trinajstić information content (AvgIpc) is 2.84. The Morgan fingerprint density at radius 3 is 2.79 bits per heavy atom. The van der Waals surface area contributed by atoms with Gasteiger partial charge in [0.05, 0.1) is 0 Å². The van der Waals surface area contributed by atoms with Gasteiger partial charge in [-0.15, -0.1) is 0 Å². The third-order valence-corrected chi connectivity index (χ3v) is 3.66. The van der Waals surface area contributed by atoms with E-state index in [0.29, 0.717) is 0 Å². The number of halogens is 1. The number of nitrogens with zero attached hydrogens (tertiary/aromatic N) is 1. The molecule has 1 heterocycles. The van der Waals surface area contributed by atoms with E-state index in [0.717, 1.165) is 12.5 Å². The maximum Gasteiger partial charge on any atom is 0.0241 e. The second-order valence-electron chi connectivity index (χ2n) is 4.53. The summed E-state index contributed by atoms with van der Waals surface area (Å²) in [5.74, 6) is 1.01. The van der Waals surface area contributed by atoms with Gasteiger partial charge in [0.25, 0.3) is 0 Å². The van der Waals surface area contributed by atoms with Crippen molar-refractivity contribution in [1.82, 2.24) is 4.90 Å². The van der Waals surface area contributed by atoms with Crippen molar-refractivity contribution in [2.45, 2.75) is 25.9 Å². The predicted octanol–water partition coefficient (Wildman–Crippen LogP) is 3.17. The summed E-state index contributed by atoms with van der Waals surface area (Å²) in [5.41, 5.74) is 3.04. The van der Waals surface area contributed by atoms with Gasteiger partial charge in [0.2, 0.25) is 0 Å². The molecule has 0 atom stereocenters. The smallest absolute Gasteiger partial charge is 0.0241 e. The number of hydrogen-bond donors (Lipinski definition) is 0. The highest BCUT2D eigenvalue weighted by Crippen LogP contribution is 2.33. The predicted molar refractivity (Wildman–Crippen MR) is 61.0 cm³/mol. The summed E-state index contributed by atoms with van der Waals surface area (Å²) >= 11 is 3.53. The fourth-order valence-electron chi connectivity index (χ4n) is 2.23. The van der Waals surface area contributed by atoms with Crippen LogP contribution in [0.15, 0.2) is 22.7 Å². The van der Waals surface area contributed by atoms with Crippen LogP contribution in [0, 0.1) is 5.92 Å². The summed E-state index contributed by atoms with van der Waals surface area (Å²) in [6, 6.07) is 6.67. The first-order chi connectivity index (χ1) is 6.81. The SMILES string of the molecule is Brc1ccc2c(c1)CN(CC1CC1)C2. The molecule has 0 radical (unpaired) electrons. The minimum atomic E-state index is 1.01. The summed E-state index contributed by atoms with van der Waals surface area (Å²) in [6.07, 6.45) is 2.91. The lowest BCUT2D eigenvalue weighted by Gasteiger charge is -2.13. The van der Waals surface area contributed by atoms with E-state index in [9.17, 15) is 0 Å². The van der Waals surface area contributed by atoms with Gasteiger partial charge in [-0.25, -0.2) is 0 Å². The molecule has 0 unspecified atom stereocenters. The van der Waals surface area contributed by atoms with Gasteiger partial charge in [0.15, 0.2) is 0 Å². The minimum absolute atomic E-state index is 1.01. The van der Waals surface area contributed by atoms with Crippen LogP contribution in [-0.4, -0.2) is 11.4 Å². The Labute approximate surface area is 93.2 Å². The molecule has 3 rings (SSSR count). The van der Waals surface area contributed by atoms with E-state index >= 15 is 0 Å². The van der Waals surface area contributed by atoms with E-state index in [1.807, 2.05) is 0 Å². The van der Waals surface area contributed by atoms with Gasteiger partial charge in [-0.1, -0.05) is 22.0 Å². The number of fused-ring (bicyclic) bond motifs is 1. The van der Waals surface area contributed by atoms with Crippen molar-refractivity contribution in [2.24, 2.45) is 5.92 Å². The highest BCUT2D eigenvalue weighted by Gasteiger charge is 2.27. The van der Waals surface area contributed by atoms with Gasteiger partial charge in [-0.05, 0) is 42.0 Å². The number of rotatable bonds is 2. The zero-order valence-corrected chi connectivity index (χ0v) is 9.76. The molecule has 0 N–H and O–H groups in total. The molecule has 0 aromatic heterocycles. The fourth-order valence-corrected chi connectivity index (χ4v) is 2.64. The monoisotopic (exact) mass is 251 g/mol. The minimum Gasteiger partial charge on any atom is -0.295 e. The van der Waals surface area contributed by atoms with Crippen molar-refractivity contribution in [2.75, 3.05) is 6.54 Å². The van der Waals surface area contributed by atoms with E-state index in [4.69, 9.17) is 0 Å². The largest absolute Gasteiger partial charge is 0.295 e.